The molecule has 4 heterocycles. The number of aliphatic hydroxyl groups is 1. The number of nitrogens with one attached hydrogen (secondary N) is 1. The summed E-state index contributed by atoms with van der Waals surface area (Å²) < 4.78 is 3.24. The number of anilines is 3. The van der Waals surface area contributed by atoms with Crippen LogP contribution in [0.25, 0.3) is 16.9 Å². The van der Waals surface area contributed by atoms with Crippen molar-refractivity contribution in [3.8, 4) is 5.82 Å². The highest BCUT2D eigenvalue weighted by Gasteiger charge is 2.34. The number of benzene rings is 1. The second-order valence-corrected chi connectivity index (χ2v) is 10.8. The van der Waals surface area contributed by atoms with Crippen LogP contribution >= 0.6 is 0 Å². The molecule has 1 aliphatic heterocycles. The molecule has 10 nitrogen and oxygen atoms in total. The third-order valence-corrected chi connectivity index (χ3v) is 7.85. The summed E-state index contributed by atoms with van der Waals surface area (Å²) in [7, 11) is 2.16. The highest BCUT2D eigenvalue weighted by atomic mass is 16.3. The number of hydrogen-bond acceptors (Lipinski definition) is 8. The Kier molecular flexibility index (Phi) is 6.23. The first kappa shape index (κ1) is 25.3. The van der Waals surface area contributed by atoms with Gasteiger partial charge in [0.25, 0.3) is 5.56 Å². The van der Waals surface area contributed by atoms with Crippen LogP contribution in [0.4, 0.5) is 17.3 Å². The van der Waals surface area contributed by atoms with E-state index in [1.807, 2.05) is 18.2 Å². The van der Waals surface area contributed by atoms with Crippen LogP contribution < -0.4 is 15.8 Å². The third kappa shape index (κ3) is 4.49. The molecule has 3 aromatic heterocycles. The fourth-order valence-electron chi connectivity index (χ4n) is 5.63. The number of nitrogens with zero attached hydrogens (tertiary/aromatic N) is 7. The summed E-state index contributed by atoms with van der Waals surface area (Å²) >= 11 is 0. The summed E-state index contributed by atoms with van der Waals surface area (Å²) in [6.07, 6.45) is 4.61. The van der Waals surface area contributed by atoms with Crippen LogP contribution in [-0.4, -0.2) is 67.5 Å². The van der Waals surface area contributed by atoms with Crippen molar-refractivity contribution in [2.45, 2.75) is 38.8 Å². The molecule has 10 heteroatoms. The van der Waals surface area contributed by atoms with Crippen molar-refractivity contribution in [2.24, 2.45) is 0 Å². The number of pyridine rings is 1. The highest BCUT2D eigenvalue weighted by Crippen LogP contribution is 2.35. The molecule has 39 heavy (non-hydrogen) atoms. The Morgan fingerprint density at radius 1 is 1.15 bits per heavy atom. The standard InChI is InChI=1S/C29H34N8O2/c1-5-12-36-27(38)22-18-30-28(31-21-7-8-23(19(2)17-21)35-15-13-34(4)14-16-35)33-26(22)37(36)24-9-6-20-10-11-29(3,39)25(20)32-24/h5-9,17-18,39H,1,10-16H2,2-4H3,(H,30,31,33)/t29-/m0/s1. The van der Waals surface area contributed by atoms with E-state index in [0.29, 0.717) is 34.9 Å². The zero-order valence-corrected chi connectivity index (χ0v) is 22.7. The van der Waals surface area contributed by atoms with E-state index in [4.69, 9.17) is 9.97 Å². The van der Waals surface area contributed by atoms with Crippen molar-refractivity contribution in [1.82, 2.24) is 29.2 Å². The minimum Gasteiger partial charge on any atom is -0.384 e. The SMILES string of the molecule is C=CCn1c(=O)c2cnc(Nc3ccc(N4CCN(C)CC4)c(C)c3)nc2n1-c1ccc2c(n1)[C@@](C)(O)CC2. The summed E-state index contributed by atoms with van der Waals surface area (Å²) in [5.74, 6) is 0.897. The largest absolute Gasteiger partial charge is 0.384 e. The lowest BCUT2D eigenvalue weighted by molar-refractivity contribution is 0.0553. The molecular weight excluding hydrogens is 492 g/mol. The Bertz CT molecular complexity index is 1630. The topological polar surface area (TPSA) is 104 Å². The Labute approximate surface area is 227 Å². The van der Waals surface area contributed by atoms with E-state index in [9.17, 15) is 9.90 Å². The maximum Gasteiger partial charge on any atom is 0.278 e. The molecule has 0 bridgehead atoms. The summed E-state index contributed by atoms with van der Waals surface area (Å²) in [5, 5.41) is 14.6. The van der Waals surface area contributed by atoms with E-state index in [0.717, 1.165) is 43.9 Å². The molecule has 0 spiro atoms. The van der Waals surface area contributed by atoms with Crippen LogP contribution in [0.15, 0.2) is 54.0 Å². The quantitative estimate of drug-likeness (QED) is 0.370. The Morgan fingerprint density at radius 2 is 1.95 bits per heavy atom. The first-order chi connectivity index (χ1) is 18.7. The van der Waals surface area contributed by atoms with Gasteiger partial charge in [0.15, 0.2) is 11.5 Å². The van der Waals surface area contributed by atoms with Gasteiger partial charge in [0.2, 0.25) is 5.95 Å². The Balaban J connectivity index is 1.37. The average molecular weight is 527 g/mol. The number of allylic oxidation sites excluding steroid dienone is 1. The van der Waals surface area contributed by atoms with Crippen molar-refractivity contribution in [1.29, 1.82) is 0 Å². The van der Waals surface area contributed by atoms with Crippen molar-refractivity contribution in [3.05, 3.63) is 76.4 Å². The monoisotopic (exact) mass is 526 g/mol. The highest BCUT2D eigenvalue weighted by molar-refractivity contribution is 5.77. The Morgan fingerprint density at radius 3 is 2.69 bits per heavy atom. The normalized spacial score (nSPS) is 19.4. The van der Waals surface area contributed by atoms with Crippen LogP contribution in [-0.2, 0) is 18.6 Å². The van der Waals surface area contributed by atoms with E-state index in [-0.39, 0.29) is 12.1 Å². The molecule has 1 aromatic carbocycles. The van der Waals surface area contributed by atoms with E-state index >= 15 is 0 Å². The minimum absolute atomic E-state index is 0.224. The molecule has 0 unspecified atom stereocenters. The predicted octanol–water partition coefficient (Wildman–Crippen LogP) is 3.12. The number of likely N-dealkylation sites (N-methyl/N-ethyl adjacent to an activating group) is 1. The summed E-state index contributed by atoms with van der Waals surface area (Å²) in [5.41, 5.74) is 4.15. The summed E-state index contributed by atoms with van der Waals surface area (Å²) in [4.78, 5) is 32.1. The lowest BCUT2D eigenvalue weighted by atomic mass is 10.0. The van der Waals surface area contributed by atoms with Crippen molar-refractivity contribution in [3.63, 3.8) is 0 Å². The number of piperazine rings is 1. The van der Waals surface area contributed by atoms with Crippen LogP contribution in [0.2, 0.25) is 0 Å². The predicted molar refractivity (Wildman–Crippen MR) is 153 cm³/mol. The van der Waals surface area contributed by atoms with E-state index in [1.54, 1.807) is 28.6 Å². The van der Waals surface area contributed by atoms with E-state index in [1.165, 1.54) is 11.3 Å². The number of fused-ring (bicyclic) bond motifs is 2. The molecule has 2 aliphatic rings. The number of aryl methyl sites for hydroxylation is 2. The van der Waals surface area contributed by atoms with Crippen LogP contribution in [0, 0.1) is 6.92 Å². The lowest BCUT2D eigenvalue weighted by Gasteiger charge is -2.35. The molecule has 4 aromatic rings. The number of rotatable bonds is 6. The van der Waals surface area contributed by atoms with Gasteiger partial charge in [-0.25, -0.2) is 19.3 Å². The first-order valence-corrected chi connectivity index (χ1v) is 13.4. The molecule has 0 saturated carbocycles. The molecule has 0 radical (unpaired) electrons. The number of aromatic nitrogens is 5. The summed E-state index contributed by atoms with van der Waals surface area (Å²) in [6, 6.07) is 10.1. The summed E-state index contributed by atoms with van der Waals surface area (Å²) in [6.45, 7) is 12.1. The first-order valence-electron chi connectivity index (χ1n) is 13.4. The third-order valence-electron chi connectivity index (χ3n) is 7.85. The van der Waals surface area contributed by atoms with Gasteiger partial charge in [-0.05, 0) is 69.1 Å². The van der Waals surface area contributed by atoms with Gasteiger partial charge in [-0.3, -0.25) is 4.79 Å². The van der Waals surface area contributed by atoms with Gasteiger partial charge in [0.05, 0.1) is 12.2 Å². The smallest absolute Gasteiger partial charge is 0.278 e. The Hall–Kier alpha value is -4.02. The fourth-order valence-corrected chi connectivity index (χ4v) is 5.63. The zero-order valence-electron chi connectivity index (χ0n) is 22.7. The minimum atomic E-state index is -1.01. The zero-order chi connectivity index (χ0) is 27.3. The van der Waals surface area contributed by atoms with E-state index < -0.39 is 5.60 Å². The van der Waals surface area contributed by atoms with Gasteiger partial charge in [-0.15, -0.1) is 6.58 Å². The van der Waals surface area contributed by atoms with Gasteiger partial charge < -0.3 is 20.2 Å². The van der Waals surface area contributed by atoms with Crippen LogP contribution in [0.1, 0.15) is 30.2 Å². The average Bonchev–Trinajstić information content (AvgIpc) is 3.37. The van der Waals surface area contributed by atoms with Crippen molar-refractivity contribution in [2.75, 3.05) is 43.4 Å². The number of hydrogen-bond donors (Lipinski definition) is 2. The van der Waals surface area contributed by atoms with Gasteiger partial charge in [-0.2, -0.15) is 4.98 Å². The van der Waals surface area contributed by atoms with E-state index in [2.05, 4.69) is 52.8 Å². The molecule has 1 saturated heterocycles. The molecule has 1 atom stereocenters. The van der Waals surface area contributed by atoms with Gasteiger partial charge in [0, 0.05) is 43.8 Å². The maximum atomic E-state index is 13.3. The molecule has 6 rings (SSSR count). The second kappa shape index (κ2) is 9.62. The molecule has 202 valence electrons. The van der Waals surface area contributed by atoms with Crippen LogP contribution in [0.5, 0.6) is 0 Å². The van der Waals surface area contributed by atoms with Crippen molar-refractivity contribution >= 4 is 28.4 Å². The molecule has 2 N–H and O–H groups in total. The van der Waals surface area contributed by atoms with Crippen molar-refractivity contribution < 1.29 is 5.11 Å². The lowest BCUT2D eigenvalue weighted by Crippen LogP contribution is -2.44. The van der Waals surface area contributed by atoms with Gasteiger partial charge in [0.1, 0.15) is 11.0 Å². The van der Waals surface area contributed by atoms with Gasteiger partial charge >= 0.3 is 0 Å². The molecule has 1 aliphatic carbocycles. The second-order valence-electron chi connectivity index (χ2n) is 10.8. The maximum absolute atomic E-state index is 13.3. The molecule has 1 fully saturated rings. The van der Waals surface area contributed by atoms with Gasteiger partial charge in [-0.1, -0.05) is 12.1 Å². The molecular formula is C29H34N8O2. The molecule has 0 amide bonds. The van der Waals surface area contributed by atoms with Crippen LogP contribution in [0.3, 0.4) is 0 Å². The fraction of sp³-hybridized carbons (Fsp3) is 0.379.